The fraction of sp³-hybridized carbons (Fsp3) is 0.435. The smallest absolute Gasteiger partial charge is 0.239 e. The van der Waals surface area contributed by atoms with Crippen LogP contribution in [0, 0.1) is 6.92 Å². The van der Waals surface area contributed by atoms with Gasteiger partial charge >= 0.3 is 0 Å². The van der Waals surface area contributed by atoms with Crippen molar-refractivity contribution in [2.45, 2.75) is 25.8 Å². The number of benzene rings is 1. The van der Waals surface area contributed by atoms with Crippen LogP contribution in [0.1, 0.15) is 30.1 Å². The zero-order valence-corrected chi connectivity index (χ0v) is 18.6. The van der Waals surface area contributed by atoms with E-state index in [-0.39, 0.29) is 30.9 Å². The number of nitrogens with one attached hydrogen (secondary N) is 1. The van der Waals surface area contributed by atoms with Crippen LogP contribution in [0.4, 0.5) is 5.82 Å². The quantitative estimate of drug-likeness (QED) is 0.699. The van der Waals surface area contributed by atoms with E-state index in [0.29, 0.717) is 12.4 Å². The molecule has 3 rings (SSSR count). The van der Waals surface area contributed by atoms with Crippen molar-refractivity contribution in [3.8, 4) is 11.5 Å². The van der Waals surface area contributed by atoms with Gasteiger partial charge in [-0.25, -0.2) is 4.98 Å². The van der Waals surface area contributed by atoms with Crippen LogP contribution in [0.5, 0.6) is 11.5 Å². The summed E-state index contributed by atoms with van der Waals surface area (Å²) in [5, 5.41) is 2.77. The minimum Gasteiger partial charge on any atom is -0.497 e. The molecule has 1 unspecified atom stereocenters. The second kappa shape index (κ2) is 10.3. The lowest BCUT2D eigenvalue weighted by Gasteiger charge is -2.28. The summed E-state index contributed by atoms with van der Waals surface area (Å²) in [6, 6.07) is 11.0. The highest BCUT2D eigenvalue weighted by atomic mass is 16.5. The number of aromatic nitrogens is 1. The number of nitrogens with zero attached hydrogens (tertiary/aromatic N) is 3. The number of anilines is 1. The number of rotatable bonds is 8. The number of hydrogen-bond donors (Lipinski definition) is 1. The third-order valence-corrected chi connectivity index (χ3v) is 5.34. The fourth-order valence-corrected chi connectivity index (χ4v) is 3.91. The van der Waals surface area contributed by atoms with Crippen molar-refractivity contribution in [1.82, 2.24) is 14.8 Å². The fourth-order valence-electron chi connectivity index (χ4n) is 3.91. The minimum absolute atomic E-state index is 0.0173. The van der Waals surface area contributed by atoms with Crippen LogP contribution in [-0.4, -0.2) is 67.5 Å². The molecule has 1 N–H and O–H groups in total. The number of amides is 2. The Morgan fingerprint density at radius 2 is 2.00 bits per heavy atom. The summed E-state index contributed by atoms with van der Waals surface area (Å²) in [4.78, 5) is 33.2. The van der Waals surface area contributed by atoms with Crippen molar-refractivity contribution in [3.63, 3.8) is 0 Å². The third kappa shape index (κ3) is 5.73. The standard InChI is InChI=1S/C23H30N4O4/c1-16-7-5-9-21(24-16)25-22(28)14-26(2)15-23(29)27-12-6-8-19(27)18-13-17(30-3)10-11-20(18)31-4/h5,7,9-11,13,19H,6,8,12,14-15H2,1-4H3,(H,24,25,28). The van der Waals surface area contributed by atoms with Gasteiger partial charge in [-0.3, -0.25) is 14.5 Å². The topological polar surface area (TPSA) is 84.0 Å². The molecule has 8 nitrogen and oxygen atoms in total. The molecule has 1 aliphatic heterocycles. The number of carbonyl (C=O) groups excluding carboxylic acids is 2. The molecule has 2 amide bonds. The maximum atomic E-state index is 13.0. The lowest BCUT2D eigenvalue weighted by atomic mass is 10.0. The minimum atomic E-state index is -0.208. The van der Waals surface area contributed by atoms with Crippen LogP contribution >= 0.6 is 0 Å². The maximum absolute atomic E-state index is 13.0. The number of hydrogen-bond acceptors (Lipinski definition) is 6. The monoisotopic (exact) mass is 426 g/mol. The molecular formula is C23H30N4O4. The molecule has 0 saturated carbocycles. The van der Waals surface area contributed by atoms with E-state index in [1.807, 2.05) is 42.2 Å². The molecule has 8 heteroatoms. The Balaban J connectivity index is 1.62. The Hall–Kier alpha value is -3.13. The van der Waals surface area contributed by atoms with Crippen LogP contribution in [0.3, 0.4) is 0 Å². The molecule has 1 saturated heterocycles. The van der Waals surface area contributed by atoms with Crippen LogP contribution in [0.15, 0.2) is 36.4 Å². The first-order chi connectivity index (χ1) is 14.9. The maximum Gasteiger partial charge on any atom is 0.239 e. The van der Waals surface area contributed by atoms with Crippen molar-refractivity contribution < 1.29 is 19.1 Å². The van der Waals surface area contributed by atoms with Crippen LogP contribution in [0.25, 0.3) is 0 Å². The number of aryl methyl sites for hydroxylation is 1. The van der Waals surface area contributed by atoms with E-state index < -0.39 is 0 Å². The van der Waals surface area contributed by atoms with Crippen LogP contribution in [-0.2, 0) is 9.59 Å². The van der Waals surface area contributed by atoms with Crippen molar-refractivity contribution in [2.24, 2.45) is 0 Å². The summed E-state index contributed by atoms with van der Waals surface area (Å²) in [6.07, 6.45) is 1.78. The summed E-state index contributed by atoms with van der Waals surface area (Å²) in [7, 11) is 5.01. The van der Waals surface area contributed by atoms with Gasteiger partial charge in [-0.1, -0.05) is 6.07 Å². The molecule has 0 bridgehead atoms. The molecule has 2 heterocycles. The van der Waals surface area contributed by atoms with Gasteiger partial charge in [0.05, 0.1) is 33.4 Å². The molecule has 31 heavy (non-hydrogen) atoms. The van der Waals surface area contributed by atoms with Gasteiger partial charge in [0, 0.05) is 17.8 Å². The lowest BCUT2D eigenvalue weighted by molar-refractivity contribution is -0.133. The van der Waals surface area contributed by atoms with Gasteiger partial charge in [0.1, 0.15) is 17.3 Å². The summed E-state index contributed by atoms with van der Waals surface area (Å²) in [6.45, 7) is 2.79. The van der Waals surface area contributed by atoms with Gasteiger partial charge in [-0.15, -0.1) is 0 Å². The Kier molecular flexibility index (Phi) is 7.46. The number of likely N-dealkylation sites (tertiary alicyclic amines) is 1. The van der Waals surface area contributed by atoms with E-state index in [4.69, 9.17) is 9.47 Å². The van der Waals surface area contributed by atoms with E-state index in [0.717, 1.165) is 35.6 Å². The molecule has 1 aromatic carbocycles. The average molecular weight is 427 g/mol. The van der Waals surface area contributed by atoms with E-state index >= 15 is 0 Å². The second-order valence-electron chi connectivity index (χ2n) is 7.74. The third-order valence-electron chi connectivity index (χ3n) is 5.34. The second-order valence-corrected chi connectivity index (χ2v) is 7.74. The van der Waals surface area contributed by atoms with Crippen molar-refractivity contribution in [3.05, 3.63) is 47.7 Å². The molecule has 166 valence electrons. The first kappa shape index (κ1) is 22.6. The van der Waals surface area contributed by atoms with E-state index in [9.17, 15) is 9.59 Å². The van der Waals surface area contributed by atoms with Crippen LogP contribution < -0.4 is 14.8 Å². The first-order valence-electron chi connectivity index (χ1n) is 10.3. The summed E-state index contributed by atoms with van der Waals surface area (Å²) in [5.41, 5.74) is 1.77. The Morgan fingerprint density at radius 1 is 1.19 bits per heavy atom. The summed E-state index contributed by atoms with van der Waals surface area (Å²) < 4.78 is 10.9. The zero-order valence-electron chi connectivity index (χ0n) is 18.6. The molecule has 0 spiro atoms. The Labute approximate surface area is 183 Å². The van der Waals surface area contributed by atoms with E-state index in [1.165, 1.54) is 0 Å². The SMILES string of the molecule is COc1ccc(OC)c(C2CCCN2C(=O)CN(C)CC(=O)Nc2cccc(C)n2)c1. The number of likely N-dealkylation sites (N-methyl/N-ethyl adjacent to an activating group) is 1. The van der Waals surface area contributed by atoms with Gasteiger partial charge in [0.2, 0.25) is 11.8 Å². The molecule has 1 atom stereocenters. The highest BCUT2D eigenvalue weighted by molar-refractivity contribution is 5.91. The Bertz CT molecular complexity index is 934. The van der Waals surface area contributed by atoms with Crippen molar-refractivity contribution in [2.75, 3.05) is 46.2 Å². The average Bonchev–Trinajstić information content (AvgIpc) is 3.23. The van der Waals surface area contributed by atoms with Gasteiger partial charge in [-0.05, 0) is 57.1 Å². The zero-order chi connectivity index (χ0) is 22.4. The Morgan fingerprint density at radius 3 is 2.71 bits per heavy atom. The first-order valence-corrected chi connectivity index (χ1v) is 10.3. The molecule has 2 aromatic rings. The van der Waals surface area contributed by atoms with Crippen LogP contribution in [0.2, 0.25) is 0 Å². The summed E-state index contributed by atoms with van der Waals surface area (Å²) >= 11 is 0. The molecule has 1 fully saturated rings. The van der Waals surface area contributed by atoms with Gasteiger partial charge in [0.15, 0.2) is 0 Å². The number of ether oxygens (including phenoxy) is 2. The van der Waals surface area contributed by atoms with Crippen molar-refractivity contribution in [1.29, 1.82) is 0 Å². The molecule has 1 aliphatic rings. The molecule has 0 radical (unpaired) electrons. The highest BCUT2D eigenvalue weighted by Crippen LogP contribution is 2.38. The largest absolute Gasteiger partial charge is 0.497 e. The normalized spacial score (nSPS) is 15.8. The highest BCUT2D eigenvalue weighted by Gasteiger charge is 2.32. The predicted octanol–water partition coefficient (Wildman–Crippen LogP) is 2.64. The van der Waals surface area contributed by atoms with Gasteiger partial charge in [-0.2, -0.15) is 0 Å². The number of methoxy groups -OCH3 is 2. The molecular weight excluding hydrogens is 396 g/mol. The molecule has 0 aliphatic carbocycles. The van der Waals surface area contributed by atoms with E-state index in [1.54, 1.807) is 32.2 Å². The predicted molar refractivity (Wildman–Crippen MR) is 118 cm³/mol. The summed E-state index contributed by atoms with van der Waals surface area (Å²) in [5.74, 6) is 1.75. The number of carbonyl (C=O) groups is 2. The van der Waals surface area contributed by atoms with E-state index in [2.05, 4.69) is 10.3 Å². The number of pyridine rings is 1. The van der Waals surface area contributed by atoms with Gasteiger partial charge < -0.3 is 19.7 Å². The lowest BCUT2D eigenvalue weighted by Crippen LogP contribution is -2.41. The van der Waals surface area contributed by atoms with Crippen molar-refractivity contribution >= 4 is 17.6 Å². The molecule has 1 aromatic heterocycles. The van der Waals surface area contributed by atoms with Gasteiger partial charge in [0.25, 0.3) is 0 Å².